The Morgan fingerprint density at radius 1 is 0.769 bits per heavy atom. The molecule has 0 heterocycles. The smallest absolute Gasteiger partial charge is 0.269 e. The summed E-state index contributed by atoms with van der Waals surface area (Å²) in [4.78, 5) is 32.5. The van der Waals surface area contributed by atoms with E-state index >= 15 is 0 Å². The third-order valence-electron chi connectivity index (χ3n) is 3.95. The van der Waals surface area contributed by atoms with E-state index in [0.717, 1.165) is 0 Å². The Morgan fingerprint density at radius 2 is 1.23 bits per heavy atom. The van der Waals surface area contributed by atoms with E-state index in [1.807, 2.05) is 0 Å². The highest BCUT2D eigenvalue weighted by Gasteiger charge is 2.30. The number of nitro benzene ring substituents is 2. The Bertz CT molecular complexity index is 877. The summed E-state index contributed by atoms with van der Waals surface area (Å²) in [6, 6.07) is 10.7. The molecule has 0 spiro atoms. The van der Waals surface area contributed by atoms with Gasteiger partial charge >= 0.3 is 0 Å². The molecule has 0 amide bonds. The molecule has 3 rings (SSSR count). The van der Waals surface area contributed by atoms with Crippen molar-refractivity contribution in [2.75, 3.05) is 10.6 Å². The first kappa shape index (κ1) is 17.1. The van der Waals surface area contributed by atoms with Crippen LogP contribution in [-0.2, 0) is 4.79 Å². The van der Waals surface area contributed by atoms with E-state index in [2.05, 4.69) is 10.6 Å². The molecule has 0 aromatic heterocycles. The van der Waals surface area contributed by atoms with Crippen molar-refractivity contribution in [3.05, 3.63) is 80.9 Å². The second-order valence-corrected chi connectivity index (χ2v) is 5.66. The van der Waals surface area contributed by atoms with E-state index in [1.54, 1.807) is 18.2 Å². The number of non-ortho nitro benzene ring substituents is 2. The Kier molecular flexibility index (Phi) is 4.61. The van der Waals surface area contributed by atoms with Crippen molar-refractivity contribution in [3.8, 4) is 0 Å². The van der Waals surface area contributed by atoms with Gasteiger partial charge in [0.25, 0.3) is 11.4 Å². The van der Waals surface area contributed by atoms with E-state index in [1.165, 1.54) is 42.5 Å². The summed E-state index contributed by atoms with van der Waals surface area (Å²) in [7, 11) is 0. The van der Waals surface area contributed by atoms with Crippen LogP contribution in [0.2, 0.25) is 0 Å². The van der Waals surface area contributed by atoms with Crippen LogP contribution in [0.15, 0.2) is 60.7 Å². The lowest BCUT2D eigenvalue weighted by molar-refractivity contribution is -0.385. The van der Waals surface area contributed by atoms with Gasteiger partial charge in [-0.25, -0.2) is 0 Å². The van der Waals surface area contributed by atoms with Gasteiger partial charge in [-0.15, -0.1) is 0 Å². The molecule has 132 valence electrons. The highest BCUT2D eigenvalue weighted by molar-refractivity contribution is 6.00. The summed E-state index contributed by atoms with van der Waals surface area (Å²) < 4.78 is 0. The molecule has 0 radical (unpaired) electrons. The minimum absolute atomic E-state index is 0.0193. The van der Waals surface area contributed by atoms with Gasteiger partial charge < -0.3 is 10.6 Å². The van der Waals surface area contributed by atoms with E-state index in [4.69, 9.17) is 0 Å². The number of ketones is 1. The van der Waals surface area contributed by atoms with Gasteiger partial charge in [0.1, 0.15) is 6.04 Å². The van der Waals surface area contributed by atoms with Crippen LogP contribution in [0.25, 0.3) is 0 Å². The zero-order chi connectivity index (χ0) is 18.7. The third-order valence-corrected chi connectivity index (χ3v) is 3.95. The van der Waals surface area contributed by atoms with Gasteiger partial charge in [0.2, 0.25) is 0 Å². The van der Waals surface area contributed by atoms with Crippen LogP contribution >= 0.6 is 0 Å². The number of hydrogen-bond acceptors (Lipinski definition) is 7. The maximum absolute atomic E-state index is 12.1. The minimum Gasteiger partial charge on any atom is -0.376 e. The number of anilines is 2. The van der Waals surface area contributed by atoms with Gasteiger partial charge in [-0.2, -0.15) is 0 Å². The van der Waals surface area contributed by atoms with Gasteiger partial charge in [-0.05, 0) is 30.3 Å². The summed E-state index contributed by atoms with van der Waals surface area (Å²) in [6.45, 7) is 0. The zero-order valence-electron chi connectivity index (χ0n) is 13.4. The molecule has 1 aliphatic carbocycles. The molecule has 2 N–H and O–H groups in total. The van der Waals surface area contributed by atoms with Crippen LogP contribution in [0, 0.1) is 20.2 Å². The Hall–Kier alpha value is -3.75. The summed E-state index contributed by atoms with van der Waals surface area (Å²) in [5.41, 5.74) is 1.16. The molecule has 0 unspecified atom stereocenters. The van der Waals surface area contributed by atoms with E-state index in [0.29, 0.717) is 11.4 Å². The van der Waals surface area contributed by atoms with Crippen molar-refractivity contribution in [1.82, 2.24) is 0 Å². The fraction of sp³-hybridized carbons (Fsp3) is 0.118. The fourth-order valence-corrected chi connectivity index (χ4v) is 2.61. The van der Waals surface area contributed by atoms with Crippen LogP contribution < -0.4 is 10.6 Å². The Balaban J connectivity index is 1.70. The Labute approximate surface area is 147 Å². The molecule has 2 aromatic carbocycles. The van der Waals surface area contributed by atoms with Crippen molar-refractivity contribution in [1.29, 1.82) is 0 Å². The number of nitro groups is 2. The van der Waals surface area contributed by atoms with Crippen molar-refractivity contribution >= 4 is 28.5 Å². The van der Waals surface area contributed by atoms with Crippen LogP contribution in [0.4, 0.5) is 22.7 Å². The maximum atomic E-state index is 12.1. The summed E-state index contributed by atoms with van der Waals surface area (Å²) in [6.07, 6.45) is 3.15. The third kappa shape index (κ3) is 3.66. The van der Waals surface area contributed by atoms with Crippen LogP contribution in [0.3, 0.4) is 0 Å². The molecule has 2 aromatic rings. The number of hydrogen-bond donors (Lipinski definition) is 2. The lowest BCUT2D eigenvalue weighted by atomic mass is 10.1. The van der Waals surface area contributed by atoms with Gasteiger partial charge in [0.05, 0.1) is 15.9 Å². The average Bonchev–Trinajstić information content (AvgIpc) is 2.96. The fourth-order valence-electron chi connectivity index (χ4n) is 2.61. The van der Waals surface area contributed by atoms with Crippen molar-refractivity contribution < 1.29 is 14.6 Å². The molecular formula is C17H14N4O5. The second-order valence-electron chi connectivity index (χ2n) is 5.66. The molecule has 9 nitrogen and oxygen atoms in total. The topological polar surface area (TPSA) is 127 Å². The van der Waals surface area contributed by atoms with Crippen molar-refractivity contribution in [2.45, 2.75) is 12.1 Å². The van der Waals surface area contributed by atoms with Crippen LogP contribution in [0.1, 0.15) is 0 Å². The molecular weight excluding hydrogens is 340 g/mol. The number of benzene rings is 2. The van der Waals surface area contributed by atoms with Crippen molar-refractivity contribution in [2.24, 2.45) is 0 Å². The first-order valence-corrected chi connectivity index (χ1v) is 7.68. The average molecular weight is 354 g/mol. The standard InChI is InChI=1S/C17H14N4O5/c22-16-10-9-15(18-11-1-5-13(6-2-11)20(23)24)17(16)19-12-3-7-14(8-4-12)21(25)26/h1-10,15,17-19H/t15-,17-/m0/s1. The van der Waals surface area contributed by atoms with Crippen molar-refractivity contribution in [3.63, 3.8) is 0 Å². The molecule has 0 saturated carbocycles. The molecule has 2 atom stereocenters. The van der Waals surface area contributed by atoms with E-state index < -0.39 is 15.9 Å². The highest BCUT2D eigenvalue weighted by Crippen LogP contribution is 2.22. The summed E-state index contributed by atoms with van der Waals surface area (Å²) in [5, 5.41) is 27.6. The largest absolute Gasteiger partial charge is 0.376 e. The summed E-state index contributed by atoms with van der Waals surface area (Å²) in [5.74, 6) is -0.136. The number of rotatable bonds is 6. The number of nitrogens with one attached hydrogen (secondary N) is 2. The quantitative estimate of drug-likeness (QED) is 0.603. The minimum atomic E-state index is -0.591. The zero-order valence-corrected chi connectivity index (χ0v) is 13.4. The molecule has 0 saturated heterocycles. The number of carbonyl (C=O) groups is 1. The molecule has 0 fully saturated rings. The first-order chi connectivity index (χ1) is 12.4. The van der Waals surface area contributed by atoms with Gasteiger partial charge in [0.15, 0.2) is 5.78 Å². The molecule has 26 heavy (non-hydrogen) atoms. The predicted molar refractivity (Wildman–Crippen MR) is 95.2 cm³/mol. The van der Waals surface area contributed by atoms with E-state index in [9.17, 15) is 25.0 Å². The summed E-state index contributed by atoms with van der Waals surface area (Å²) >= 11 is 0. The monoisotopic (exact) mass is 354 g/mol. The van der Waals surface area contributed by atoms with Crippen LogP contribution in [0.5, 0.6) is 0 Å². The normalized spacial score (nSPS) is 18.5. The lowest BCUT2D eigenvalue weighted by Gasteiger charge is -2.22. The first-order valence-electron chi connectivity index (χ1n) is 7.68. The molecule has 9 heteroatoms. The lowest BCUT2D eigenvalue weighted by Crippen LogP contribution is -2.39. The van der Waals surface area contributed by atoms with Gasteiger partial charge in [0, 0.05) is 35.6 Å². The molecule has 0 aliphatic heterocycles. The highest BCUT2D eigenvalue weighted by atomic mass is 16.6. The van der Waals surface area contributed by atoms with Gasteiger partial charge in [-0.3, -0.25) is 25.0 Å². The van der Waals surface area contributed by atoms with Gasteiger partial charge in [-0.1, -0.05) is 6.08 Å². The molecule has 1 aliphatic rings. The SMILES string of the molecule is O=C1C=C[C@H](Nc2ccc([N+](=O)[O-])cc2)[C@@H]1Nc1ccc([N+](=O)[O-])cc1. The predicted octanol–water partition coefficient (Wildman–Crippen LogP) is 2.90. The van der Waals surface area contributed by atoms with Crippen LogP contribution in [-0.4, -0.2) is 27.7 Å². The second kappa shape index (κ2) is 7.01. The van der Waals surface area contributed by atoms with E-state index in [-0.39, 0.29) is 23.2 Å². The number of carbonyl (C=O) groups excluding carboxylic acids is 1. The molecule has 0 bridgehead atoms. The maximum Gasteiger partial charge on any atom is 0.269 e. The Morgan fingerprint density at radius 3 is 1.69 bits per heavy atom. The number of nitrogens with zero attached hydrogens (tertiary/aromatic N) is 2.